The third-order valence-electron chi connectivity index (χ3n) is 3.91. The number of nitrogens with one attached hydrogen (secondary N) is 1. The first-order valence-electron chi connectivity index (χ1n) is 7.29. The van der Waals surface area contributed by atoms with Crippen LogP contribution in [0.3, 0.4) is 0 Å². The van der Waals surface area contributed by atoms with Crippen molar-refractivity contribution < 1.29 is 9.59 Å². The van der Waals surface area contributed by atoms with Gasteiger partial charge in [-0.3, -0.25) is 4.79 Å². The van der Waals surface area contributed by atoms with Crippen LogP contribution < -0.4 is 5.32 Å². The van der Waals surface area contributed by atoms with Gasteiger partial charge in [-0.1, -0.05) is 36.4 Å². The molecule has 1 aliphatic rings. The molecular weight excluding hydrogens is 294 g/mol. The number of fused-ring (bicyclic) bond motifs is 1. The molecule has 22 heavy (non-hydrogen) atoms. The van der Waals surface area contributed by atoms with Crippen molar-refractivity contribution in [1.29, 1.82) is 0 Å². The number of hydrogen-bond acceptors (Lipinski definition) is 3. The number of allylic oxidation sites excluding steroid dienone is 2. The van der Waals surface area contributed by atoms with Crippen molar-refractivity contribution in [2.24, 2.45) is 5.92 Å². The normalized spacial score (nSPS) is 18.8. The number of hydrogen-bond donors (Lipinski definition) is 1. The summed E-state index contributed by atoms with van der Waals surface area (Å²) in [4.78, 5) is 23.2. The highest BCUT2D eigenvalue weighted by Crippen LogP contribution is 2.26. The van der Waals surface area contributed by atoms with Gasteiger partial charge in [-0.15, -0.1) is 11.3 Å². The van der Waals surface area contributed by atoms with E-state index in [1.165, 1.54) is 0 Å². The van der Waals surface area contributed by atoms with Crippen LogP contribution in [0.15, 0.2) is 53.4 Å². The van der Waals surface area contributed by atoms with Crippen molar-refractivity contribution in [1.82, 2.24) is 5.32 Å². The Hall–Kier alpha value is -2.20. The maximum Gasteiger partial charge on any atom is 0.253 e. The monoisotopic (exact) mass is 311 g/mol. The molecule has 0 saturated heterocycles. The number of rotatable bonds is 4. The predicted octanol–water partition coefficient (Wildman–Crippen LogP) is 3.72. The zero-order valence-corrected chi connectivity index (χ0v) is 13.1. The van der Waals surface area contributed by atoms with E-state index >= 15 is 0 Å². The lowest BCUT2D eigenvalue weighted by Gasteiger charge is -2.18. The smallest absolute Gasteiger partial charge is 0.253 e. The average Bonchev–Trinajstić information content (AvgIpc) is 2.99. The summed E-state index contributed by atoms with van der Waals surface area (Å²) in [7, 11) is 0. The molecule has 0 bridgehead atoms. The molecule has 1 aromatic heterocycles. The number of carbonyl (C=O) groups is 2. The van der Waals surface area contributed by atoms with Crippen molar-refractivity contribution in [2.75, 3.05) is 0 Å². The van der Waals surface area contributed by atoms with Crippen LogP contribution in [-0.2, 0) is 4.79 Å². The minimum absolute atomic E-state index is 0.0348. The molecule has 0 spiro atoms. The molecule has 1 amide bonds. The number of benzene rings is 1. The lowest BCUT2D eigenvalue weighted by atomic mass is 9.94. The van der Waals surface area contributed by atoms with Crippen molar-refractivity contribution in [2.45, 2.75) is 19.4 Å². The molecule has 0 saturated carbocycles. The van der Waals surface area contributed by atoms with Gasteiger partial charge < -0.3 is 10.1 Å². The minimum atomic E-state index is -0.0741. The third kappa shape index (κ3) is 2.88. The highest BCUT2D eigenvalue weighted by molar-refractivity contribution is 7.17. The lowest BCUT2D eigenvalue weighted by Crippen LogP contribution is -2.33. The van der Waals surface area contributed by atoms with Crippen LogP contribution in [0, 0.1) is 5.92 Å². The molecule has 3 nitrogen and oxygen atoms in total. The summed E-state index contributed by atoms with van der Waals surface area (Å²) in [5.74, 6) is -0.0933. The predicted molar refractivity (Wildman–Crippen MR) is 90.1 cm³/mol. The third-order valence-corrected chi connectivity index (χ3v) is 4.87. The fraction of sp³-hybridized carbons (Fsp3) is 0.222. The summed E-state index contributed by atoms with van der Waals surface area (Å²) in [6, 6.07) is 7.84. The molecule has 1 aromatic carbocycles. The molecule has 2 aromatic rings. The Labute approximate surface area is 133 Å². The molecule has 1 N–H and O–H groups in total. The van der Waals surface area contributed by atoms with E-state index in [1.807, 2.05) is 54.8 Å². The second-order valence-corrected chi connectivity index (χ2v) is 6.35. The van der Waals surface area contributed by atoms with Gasteiger partial charge in [-0.05, 0) is 25.0 Å². The zero-order valence-electron chi connectivity index (χ0n) is 12.3. The van der Waals surface area contributed by atoms with Crippen molar-refractivity contribution >= 4 is 33.6 Å². The number of thiophene rings is 1. The van der Waals surface area contributed by atoms with E-state index in [2.05, 4.69) is 5.32 Å². The molecule has 0 radical (unpaired) electrons. The van der Waals surface area contributed by atoms with Gasteiger partial charge in [0.25, 0.3) is 5.91 Å². The van der Waals surface area contributed by atoms with E-state index in [4.69, 9.17) is 0 Å². The fourth-order valence-electron chi connectivity index (χ4n) is 2.59. The summed E-state index contributed by atoms with van der Waals surface area (Å²) < 4.78 is 1.12. The van der Waals surface area contributed by atoms with E-state index in [1.54, 1.807) is 11.3 Å². The first-order valence-corrected chi connectivity index (χ1v) is 8.17. The maximum atomic E-state index is 12.5. The van der Waals surface area contributed by atoms with E-state index in [-0.39, 0.29) is 17.9 Å². The molecule has 1 heterocycles. The second kappa shape index (κ2) is 6.28. The summed E-state index contributed by atoms with van der Waals surface area (Å²) in [5, 5.41) is 5.93. The molecule has 4 heteroatoms. The van der Waals surface area contributed by atoms with Gasteiger partial charge in [0, 0.05) is 21.4 Å². The van der Waals surface area contributed by atoms with Crippen LogP contribution in [0.5, 0.6) is 0 Å². The summed E-state index contributed by atoms with van der Waals surface area (Å²) in [6.07, 6.45) is 7.50. The van der Waals surface area contributed by atoms with Gasteiger partial charge in [0.05, 0.1) is 11.6 Å². The highest BCUT2D eigenvalue weighted by Gasteiger charge is 2.17. The molecule has 1 aliphatic carbocycles. The molecule has 112 valence electrons. The first kappa shape index (κ1) is 14.7. The van der Waals surface area contributed by atoms with E-state index in [0.29, 0.717) is 6.42 Å². The largest absolute Gasteiger partial charge is 0.345 e. The molecule has 0 fully saturated rings. The average molecular weight is 311 g/mol. The van der Waals surface area contributed by atoms with Gasteiger partial charge in [0.15, 0.2) is 0 Å². The standard InChI is InChI=1S/C18H17NO2S/c1-12(14-8-6-13(10-20)7-9-14)19-18(21)16-11-22-17-5-3-2-4-15(16)17/h2-6,8-13H,7H2,1H3,(H,19,21). The summed E-state index contributed by atoms with van der Waals surface area (Å²) in [5.41, 5.74) is 1.77. The van der Waals surface area contributed by atoms with Gasteiger partial charge >= 0.3 is 0 Å². The Bertz CT molecular complexity index is 772. The molecule has 2 unspecified atom stereocenters. The van der Waals surface area contributed by atoms with Crippen molar-refractivity contribution in [3.63, 3.8) is 0 Å². The quantitative estimate of drug-likeness (QED) is 0.875. The topological polar surface area (TPSA) is 46.2 Å². The van der Waals surface area contributed by atoms with E-state index in [9.17, 15) is 9.59 Å². The number of amides is 1. The maximum absolute atomic E-state index is 12.5. The van der Waals surface area contributed by atoms with Crippen LogP contribution >= 0.6 is 11.3 Å². The lowest BCUT2D eigenvalue weighted by molar-refractivity contribution is -0.109. The van der Waals surface area contributed by atoms with Gasteiger partial charge in [-0.2, -0.15) is 0 Å². The van der Waals surface area contributed by atoms with Crippen LogP contribution in [0.4, 0.5) is 0 Å². The van der Waals surface area contributed by atoms with Crippen molar-refractivity contribution in [3.05, 3.63) is 59.0 Å². The van der Waals surface area contributed by atoms with E-state index in [0.717, 1.165) is 27.5 Å². The molecule has 3 rings (SSSR count). The summed E-state index contributed by atoms with van der Waals surface area (Å²) >= 11 is 1.58. The number of carbonyl (C=O) groups excluding carboxylic acids is 2. The Kier molecular flexibility index (Phi) is 4.20. The Morgan fingerprint density at radius 1 is 1.41 bits per heavy atom. The van der Waals surface area contributed by atoms with Gasteiger partial charge in [0.2, 0.25) is 0 Å². The SMILES string of the molecule is CC(NC(=O)c1csc2ccccc12)C1=CCC(C=O)C=C1. The van der Waals surface area contributed by atoms with Gasteiger partial charge in [0.1, 0.15) is 6.29 Å². The van der Waals surface area contributed by atoms with Gasteiger partial charge in [-0.25, -0.2) is 0 Å². The highest BCUT2D eigenvalue weighted by atomic mass is 32.1. The molecular formula is C18H17NO2S. The minimum Gasteiger partial charge on any atom is -0.345 e. The zero-order chi connectivity index (χ0) is 15.5. The van der Waals surface area contributed by atoms with Crippen LogP contribution in [0.2, 0.25) is 0 Å². The Morgan fingerprint density at radius 3 is 2.95 bits per heavy atom. The fourth-order valence-corrected chi connectivity index (χ4v) is 3.53. The molecule has 0 aliphatic heterocycles. The van der Waals surface area contributed by atoms with Crippen molar-refractivity contribution in [3.8, 4) is 0 Å². The first-order chi connectivity index (χ1) is 10.7. The molecule has 2 atom stereocenters. The van der Waals surface area contributed by atoms with Crippen LogP contribution in [0.1, 0.15) is 23.7 Å². The Balaban J connectivity index is 1.73. The van der Waals surface area contributed by atoms with E-state index < -0.39 is 0 Å². The van der Waals surface area contributed by atoms with Crippen LogP contribution in [-0.4, -0.2) is 18.2 Å². The number of aldehydes is 1. The Morgan fingerprint density at radius 2 is 2.23 bits per heavy atom. The summed E-state index contributed by atoms with van der Waals surface area (Å²) in [6.45, 7) is 1.96. The second-order valence-electron chi connectivity index (χ2n) is 5.44. The van der Waals surface area contributed by atoms with Crippen LogP contribution in [0.25, 0.3) is 10.1 Å².